The van der Waals surface area contributed by atoms with E-state index in [9.17, 15) is 0 Å². The molecule has 0 unspecified atom stereocenters. The highest BCUT2D eigenvalue weighted by Gasteiger charge is 1.87. The first-order valence-electron chi connectivity index (χ1n) is 3.47. The van der Waals surface area contributed by atoms with Crippen LogP contribution in [0, 0.1) is 5.92 Å². The first kappa shape index (κ1) is 12.6. The monoisotopic (exact) mass is 156 g/mol. The molecule has 11 heavy (non-hydrogen) atoms. The van der Waals surface area contributed by atoms with Crippen molar-refractivity contribution in [3.05, 3.63) is 25.5 Å². The molecule has 0 aromatic carbocycles. The SMILES string of the molecule is C=CC=O.C=COCC(C)C. The van der Waals surface area contributed by atoms with Gasteiger partial charge in [-0.1, -0.05) is 27.0 Å². The van der Waals surface area contributed by atoms with Gasteiger partial charge in [0.2, 0.25) is 0 Å². The number of hydrogen-bond donors (Lipinski definition) is 0. The van der Waals surface area contributed by atoms with Crippen LogP contribution in [-0.4, -0.2) is 12.9 Å². The van der Waals surface area contributed by atoms with Crippen molar-refractivity contribution in [3.8, 4) is 0 Å². The number of ether oxygens (including phenoxy) is 1. The molecular weight excluding hydrogens is 140 g/mol. The van der Waals surface area contributed by atoms with Gasteiger partial charge in [-0.05, 0) is 12.0 Å². The van der Waals surface area contributed by atoms with Crippen LogP contribution in [0.25, 0.3) is 0 Å². The third kappa shape index (κ3) is 27.7. The Morgan fingerprint density at radius 1 is 1.45 bits per heavy atom. The van der Waals surface area contributed by atoms with Gasteiger partial charge in [0.05, 0.1) is 12.9 Å². The maximum Gasteiger partial charge on any atom is 0.142 e. The van der Waals surface area contributed by atoms with Crippen LogP contribution < -0.4 is 0 Å². The number of allylic oxidation sites excluding steroid dienone is 1. The Balaban J connectivity index is 0. The molecule has 0 spiro atoms. The van der Waals surface area contributed by atoms with E-state index in [0.717, 1.165) is 6.61 Å². The highest BCUT2D eigenvalue weighted by Crippen LogP contribution is 1.90. The van der Waals surface area contributed by atoms with E-state index >= 15 is 0 Å². The summed E-state index contributed by atoms with van der Waals surface area (Å²) < 4.78 is 4.86. The molecule has 0 aliphatic heterocycles. The first-order chi connectivity index (χ1) is 5.18. The largest absolute Gasteiger partial charge is 0.502 e. The average Bonchev–Trinajstić information content (AvgIpc) is 2.01. The van der Waals surface area contributed by atoms with Gasteiger partial charge in [-0.25, -0.2) is 0 Å². The average molecular weight is 156 g/mol. The lowest BCUT2D eigenvalue weighted by Gasteiger charge is -2.00. The molecule has 0 aliphatic carbocycles. The lowest BCUT2D eigenvalue weighted by Crippen LogP contribution is -1.95. The molecule has 0 saturated heterocycles. The molecule has 0 bridgehead atoms. The molecular formula is C9H16O2. The van der Waals surface area contributed by atoms with Crippen molar-refractivity contribution in [3.63, 3.8) is 0 Å². The lowest BCUT2D eigenvalue weighted by atomic mass is 10.2. The van der Waals surface area contributed by atoms with E-state index in [1.165, 1.54) is 12.3 Å². The molecule has 2 nitrogen and oxygen atoms in total. The lowest BCUT2D eigenvalue weighted by molar-refractivity contribution is -0.104. The van der Waals surface area contributed by atoms with E-state index in [1.54, 1.807) is 0 Å². The number of carbonyl (C=O) groups excluding carboxylic acids is 1. The Morgan fingerprint density at radius 3 is 2.00 bits per heavy atom. The van der Waals surface area contributed by atoms with Gasteiger partial charge >= 0.3 is 0 Å². The third-order valence-corrected chi connectivity index (χ3v) is 0.644. The molecule has 0 aliphatic rings. The summed E-state index contributed by atoms with van der Waals surface area (Å²) in [6.45, 7) is 11.5. The zero-order valence-electron chi connectivity index (χ0n) is 7.25. The second kappa shape index (κ2) is 11.7. The molecule has 2 heteroatoms. The zero-order valence-corrected chi connectivity index (χ0v) is 7.25. The molecule has 0 heterocycles. The molecule has 64 valence electrons. The zero-order chi connectivity index (χ0) is 9.11. The minimum absolute atomic E-state index is 0.609. The molecule has 0 amide bonds. The predicted molar refractivity (Wildman–Crippen MR) is 47.2 cm³/mol. The van der Waals surface area contributed by atoms with E-state index < -0.39 is 0 Å². The maximum absolute atomic E-state index is 9.06. The van der Waals surface area contributed by atoms with E-state index in [2.05, 4.69) is 27.0 Å². The Bertz CT molecular complexity index is 100. The number of hydrogen-bond acceptors (Lipinski definition) is 2. The van der Waals surface area contributed by atoms with Crippen molar-refractivity contribution < 1.29 is 9.53 Å². The van der Waals surface area contributed by atoms with Crippen molar-refractivity contribution in [2.75, 3.05) is 6.61 Å². The van der Waals surface area contributed by atoms with Gasteiger partial charge in [0.15, 0.2) is 0 Å². The third-order valence-electron chi connectivity index (χ3n) is 0.644. The summed E-state index contributed by atoms with van der Waals surface area (Å²) in [4.78, 5) is 9.06. The van der Waals surface area contributed by atoms with Gasteiger partial charge in [-0.3, -0.25) is 4.79 Å². The van der Waals surface area contributed by atoms with Crippen molar-refractivity contribution in [2.45, 2.75) is 13.8 Å². The number of rotatable bonds is 4. The van der Waals surface area contributed by atoms with Gasteiger partial charge in [0, 0.05) is 0 Å². The Hall–Kier alpha value is -1.05. The fourth-order valence-corrected chi connectivity index (χ4v) is 0.260. The highest BCUT2D eigenvalue weighted by atomic mass is 16.5. The maximum atomic E-state index is 9.06. The van der Waals surface area contributed by atoms with Gasteiger partial charge < -0.3 is 4.74 Å². The molecule has 0 aromatic rings. The molecule has 0 N–H and O–H groups in total. The van der Waals surface area contributed by atoms with Gasteiger partial charge in [-0.2, -0.15) is 0 Å². The minimum atomic E-state index is 0.609. The summed E-state index contributed by atoms with van der Waals surface area (Å²) in [6.07, 6.45) is 3.31. The second-order valence-electron chi connectivity index (χ2n) is 2.27. The number of aldehydes is 1. The Labute approximate surface area is 68.6 Å². The van der Waals surface area contributed by atoms with E-state index in [4.69, 9.17) is 9.53 Å². The summed E-state index contributed by atoms with van der Waals surface area (Å²) in [6, 6.07) is 0. The van der Waals surface area contributed by atoms with Crippen molar-refractivity contribution >= 4 is 6.29 Å². The Kier molecular flexibility index (Phi) is 13.4. The molecule has 0 fully saturated rings. The fraction of sp³-hybridized carbons (Fsp3) is 0.444. The molecule has 0 saturated carbocycles. The topological polar surface area (TPSA) is 26.3 Å². The van der Waals surface area contributed by atoms with Crippen molar-refractivity contribution in [1.82, 2.24) is 0 Å². The summed E-state index contributed by atoms with van der Waals surface area (Å²) >= 11 is 0. The van der Waals surface area contributed by atoms with Crippen molar-refractivity contribution in [2.24, 2.45) is 5.92 Å². The van der Waals surface area contributed by atoms with Crippen LogP contribution in [0.2, 0.25) is 0 Å². The quantitative estimate of drug-likeness (QED) is 0.354. The molecule has 0 atom stereocenters. The second-order valence-corrected chi connectivity index (χ2v) is 2.27. The van der Waals surface area contributed by atoms with E-state index in [-0.39, 0.29) is 0 Å². The molecule has 0 aromatic heterocycles. The van der Waals surface area contributed by atoms with Gasteiger partial charge in [0.1, 0.15) is 6.29 Å². The van der Waals surface area contributed by atoms with Crippen LogP contribution in [0.1, 0.15) is 13.8 Å². The van der Waals surface area contributed by atoms with Gasteiger partial charge in [0.25, 0.3) is 0 Å². The molecule has 0 radical (unpaired) electrons. The van der Waals surface area contributed by atoms with Crippen LogP contribution in [-0.2, 0) is 9.53 Å². The number of carbonyl (C=O) groups is 1. The smallest absolute Gasteiger partial charge is 0.142 e. The summed E-state index contributed by atoms with van der Waals surface area (Å²) in [5, 5.41) is 0. The van der Waals surface area contributed by atoms with Gasteiger partial charge in [-0.15, -0.1) is 0 Å². The first-order valence-corrected chi connectivity index (χ1v) is 3.47. The summed E-state index contributed by atoms with van der Waals surface area (Å²) in [5.41, 5.74) is 0. The predicted octanol–water partition coefficient (Wildman–Crippen LogP) is 2.17. The van der Waals surface area contributed by atoms with Crippen LogP contribution >= 0.6 is 0 Å². The van der Waals surface area contributed by atoms with E-state index in [0.29, 0.717) is 12.2 Å². The van der Waals surface area contributed by atoms with E-state index in [1.807, 2.05) is 0 Å². The van der Waals surface area contributed by atoms with Crippen molar-refractivity contribution in [1.29, 1.82) is 0 Å². The van der Waals surface area contributed by atoms with Crippen LogP contribution in [0.5, 0.6) is 0 Å². The van der Waals surface area contributed by atoms with Crippen LogP contribution in [0.3, 0.4) is 0 Å². The summed E-state index contributed by atoms with van der Waals surface area (Å²) in [5.74, 6) is 0.609. The van der Waals surface area contributed by atoms with Crippen LogP contribution in [0.4, 0.5) is 0 Å². The Morgan fingerprint density at radius 2 is 1.91 bits per heavy atom. The normalized spacial score (nSPS) is 7.55. The van der Waals surface area contributed by atoms with Crippen LogP contribution in [0.15, 0.2) is 25.5 Å². The molecule has 0 rings (SSSR count). The standard InChI is InChI=1S/C6H12O.C3H4O/c1-4-7-5-6(2)3;1-2-3-4/h4,6H,1,5H2,2-3H3;2-3H,1H2. The summed E-state index contributed by atoms with van der Waals surface area (Å²) in [7, 11) is 0. The minimum Gasteiger partial charge on any atom is -0.502 e. The fourth-order valence-electron chi connectivity index (χ4n) is 0.260. The highest BCUT2D eigenvalue weighted by molar-refractivity contribution is 5.63.